The summed E-state index contributed by atoms with van der Waals surface area (Å²) >= 11 is 0. The topological polar surface area (TPSA) is 109 Å². The number of ether oxygens (including phenoxy) is 1. The second-order valence-corrected chi connectivity index (χ2v) is 8.34. The van der Waals surface area contributed by atoms with E-state index >= 15 is 0 Å². The first-order valence-corrected chi connectivity index (χ1v) is 10.7. The number of rotatable bonds is 5. The van der Waals surface area contributed by atoms with Crippen LogP contribution in [0.2, 0.25) is 0 Å². The molecule has 0 aliphatic carbocycles. The lowest BCUT2D eigenvalue weighted by Gasteiger charge is -2.39. The summed E-state index contributed by atoms with van der Waals surface area (Å²) in [6.45, 7) is 5.68. The number of fused-ring (bicyclic) bond motifs is 1. The number of carbonyl (C=O) groups is 2. The van der Waals surface area contributed by atoms with Crippen molar-refractivity contribution in [1.29, 1.82) is 5.26 Å². The predicted octanol–water partition coefficient (Wildman–Crippen LogP) is 1.50. The number of hydrogen-bond donors (Lipinski definition) is 0. The van der Waals surface area contributed by atoms with Gasteiger partial charge in [0.25, 0.3) is 0 Å². The normalized spacial score (nSPS) is 18.2. The van der Waals surface area contributed by atoms with Crippen LogP contribution < -0.4 is 4.74 Å². The molecule has 5 rings (SSSR count). The van der Waals surface area contributed by atoms with Crippen LogP contribution >= 0.6 is 0 Å². The maximum Gasteiger partial charge on any atom is 0.246 e. The summed E-state index contributed by atoms with van der Waals surface area (Å²) in [6, 6.07) is 4.09. The zero-order valence-corrected chi connectivity index (χ0v) is 18.2. The van der Waals surface area contributed by atoms with Gasteiger partial charge in [0.15, 0.2) is 0 Å². The average molecular weight is 445 g/mol. The lowest BCUT2D eigenvalue weighted by atomic mass is 9.98. The monoisotopic (exact) mass is 445 g/mol. The van der Waals surface area contributed by atoms with Crippen LogP contribution in [0.3, 0.4) is 0 Å². The Morgan fingerprint density at radius 2 is 2.00 bits per heavy atom. The standard InChI is InChI=1S/C23H23N7O3/c1-3-21(31)28-10-18(11-28)23(32)27-5-4-19(14-27)29-13-17(9-25-29)15-6-20(33-2)22-16(7-24)8-26-30(22)12-15/h3,6,8-9,12-13,18-19H,1,4-5,10-11,14H2,2H3/t19-/m1/s1. The molecule has 0 radical (unpaired) electrons. The molecule has 0 unspecified atom stereocenters. The van der Waals surface area contributed by atoms with E-state index in [1.165, 1.54) is 12.3 Å². The highest BCUT2D eigenvalue weighted by Crippen LogP contribution is 2.31. The van der Waals surface area contributed by atoms with Crippen LogP contribution in [-0.2, 0) is 9.59 Å². The molecule has 10 heteroatoms. The first-order valence-electron chi connectivity index (χ1n) is 10.7. The Labute approximate surface area is 190 Å². The van der Waals surface area contributed by atoms with Gasteiger partial charge in [-0.25, -0.2) is 4.52 Å². The van der Waals surface area contributed by atoms with E-state index in [1.54, 1.807) is 22.7 Å². The van der Waals surface area contributed by atoms with Gasteiger partial charge in [0.05, 0.1) is 31.5 Å². The van der Waals surface area contributed by atoms with Crippen molar-refractivity contribution in [2.24, 2.45) is 5.92 Å². The Morgan fingerprint density at radius 1 is 1.18 bits per heavy atom. The fourth-order valence-corrected chi connectivity index (χ4v) is 4.53. The van der Waals surface area contributed by atoms with Crippen molar-refractivity contribution in [2.45, 2.75) is 12.5 Å². The van der Waals surface area contributed by atoms with Gasteiger partial charge < -0.3 is 14.5 Å². The number of pyridine rings is 1. The van der Waals surface area contributed by atoms with Crippen LogP contribution in [0.5, 0.6) is 5.75 Å². The summed E-state index contributed by atoms with van der Waals surface area (Å²) in [7, 11) is 1.56. The van der Waals surface area contributed by atoms with Gasteiger partial charge in [-0.3, -0.25) is 14.3 Å². The molecule has 2 amide bonds. The number of aromatic nitrogens is 4. The number of nitriles is 1. The quantitative estimate of drug-likeness (QED) is 0.551. The number of methoxy groups -OCH3 is 1. The van der Waals surface area contributed by atoms with E-state index in [9.17, 15) is 14.9 Å². The molecule has 2 aliphatic heterocycles. The molecule has 0 N–H and O–H groups in total. The fraction of sp³-hybridized carbons (Fsp3) is 0.348. The van der Waals surface area contributed by atoms with Crippen molar-refractivity contribution in [1.82, 2.24) is 29.2 Å². The van der Waals surface area contributed by atoms with E-state index in [4.69, 9.17) is 4.74 Å². The Balaban J connectivity index is 1.29. The molecule has 3 aromatic rings. The third-order valence-electron chi connectivity index (χ3n) is 6.42. The van der Waals surface area contributed by atoms with E-state index in [-0.39, 0.29) is 23.8 Å². The molecule has 10 nitrogen and oxygen atoms in total. The molecule has 168 valence electrons. The molecule has 0 saturated carbocycles. The highest BCUT2D eigenvalue weighted by molar-refractivity contribution is 5.90. The summed E-state index contributed by atoms with van der Waals surface area (Å²) in [5.41, 5.74) is 2.84. The van der Waals surface area contributed by atoms with Crippen molar-refractivity contribution in [3.8, 4) is 22.9 Å². The SMILES string of the molecule is C=CC(=O)N1CC(C(=O)N2CC[C@@H](n3cc(-c4cc(OC)c5c(C#N)cnn5c4)cn3)C2)C1. The summed E-state index contributed by atoms with van der Waals surface area (Å²) < 4.78 is 9.03. The highest BCUT2D eigenvalue weighted by Gasteiger charge is 2.39. The summed E-state index contributed by atoms with van der Waals surface area (Å²) in [5.74, 6) is 0.403. The fourth-order valence-electron chi connectivity index (χ4n) is 4.53. The Kier molecular flexibility index (Phi) is 5.09. The minimum absolute atomic E-state index is 0.0919. The van der Waals surface area contributed by atoms with Gasteiger partial charge in [0, 0.05) is 49.7 Å². The van der Waals surface area contributed by atoms with E-state index in [0.29, 0.717) is 43.0 Å². The number of amides is 2. The van der Waals surface area contributed by atoms with E-state index in [1.807, 2.05) is 28.0 Å². The Bertz CT molecular complexity index is 1300. The molecule has 3 aromatic heterocycles. The highest BCUT2D eigenvalue weighted by atomic mass is 16.5. The van der Waals surface area contributed by atoms with Gasteiger partial charge in [0.1, 0.15) is 22.9 Å². The molecule has 33 heavy (non-hydrogen) atoms. The Morgan fingerprint density at radius 3 is 2.73 bits per heavy atom. The van der Waals surface area contributed by atoms with E-state index in [2.05, 4.69) is 22.8 Å². The predicted molar refractivity (Wildman–Crippen MR) is 118 cm³/mol. The van der Waals surface area contributed by atoms with Gasteiger partial charge in [-0.15, -0.1) is 0 Å². The van der Waals surface area contributed by atoms with Gasteiger partial charge in [-0.2, -0.15) is 15.5 Å². The van der Waals surface area contributed by atoms with Crippen LogP contribution in [0.1, 0.15) is 18.0 Å². The first-order chi connectivity index (χ1) is 16.0. The molecular formula is C23H23N7O3. The minimum Gasteiger partial charge on any atom is -0.494 e. The maximum atomic E-state index is 12.8. The summed E-state index contributed by atoms with van der Waals surface area (Å²) in [4.78, 5) is 27.9. The second kappa shape index (κ2) is 8.09. The molecular weight excluding hydrogens is 422 g/mol. The average Bonchev–Trinajstić information content (AvgIpc) is 3.55. The molecule has 0 aromatic carbocycles. The van der Waals surface area contributed by atoms with Crippen molar-refractivity contribution in [3.05, 3.63) is 49.1 Å². The molecule has 2 aliphatic rings. The third kappa shape index (κ3) is 3.51. The number of likely N-dealkylation sites (tertiary alicyclic amines) is 2. The zero-order valence-electron chi connectivity index (χ0n) is 18.2. The van der Waals surface area contributed by atoms with E-state index < -0.39 is 0 Å². The Hall–Kier alpha value is -4.13. The van der Waals surface area contributed by atoms with Crippen LogP contribution in [0, 0.1) is 17.2 Å². The number of carbonyl (C=O) groups excluding carboxylic acids is 2. The van der Waals surface area contributed by atoms with Gasteiger partial charge in [0.2, 0.25) is 11.8 Å². The zero-order chi connectivity index (χ0) is 23.1. The number of hydrogen-bond acceptors (Lipinski definition) is 6. The molecule has 1 atom stereocenters. The third-order valence-corrected chi connectivity index (χ3v) is 6.42. The van der Waals surface area contributed by atoms with Crippen LogP contribution in [-0.4, -0.2) is 74.3 Å². The molecule has 2 fully saturated rings. The molecule has 2 saturated heterocycles. The first kappa shape index (κ1) is 20.8. The molecule has 5 heterocycles. The van der Waals surface area contributed by atoms with Gasteiger partial charge in [-0.1, -0.05) is 6.58 Å². The van der Waals surface area contributed by atoms with E-state index in [0.717, 1.165) is 17.5 Å². The van der Waals surface area contributed by atoms with Crippen LogP contribution in [0.15, 0.2) is 43.5 Å². The van der Waals surface area contributed by atoms with Gasteiger partial charge >= 0.3 is 0 Å². The largest absolute Gasteiger partial charge is 0.494 e. The molecule has 0 bridgehead atoms. The number of nitrogens with zero attached hydrogens (tertiary/aromatic N) is 7. The van der Waals surface area contributed by atoms with Crippen molar-refractivity contribution >= 4 is 17.3 Å². The van der Waals surface area contributed by atoms with Crippen molar-refractivity contribution in [3.63, 3.8) is 0 Å². The molecule has 0 spiro atoms. The van der Waals surface area contributed by atoms with Crippen LogP contribution in [0.25, 0.3) is 16.6 Å². The second-order valence-electron chi connectivity index (χ2n) is 8.34. The maximum absolute atomic E-state index is 12.8. The summed E-state index contributed by atoms with van der Waals surface area (Å²) in [5, 5.41) is 18.1. The van der Waals surface area contributed by atoms with Crippen molar-refractivity contribution < 1.29 is 14.3 Å². The van der Waals surface area contributed by atoms with Crippen molar-refractivity contribution in [2.75, 3.05) is 33.3 Å². The lowest BCUT2D eigenvalue weighted by Crippen LogP contribution is -2.55. The van der Waals surface area contributed by atoms with Gasteiger partial charge in [-0.05, 0) is 18.6 Å². The summed E-state index contributed by atoms with van der Waals surface area (Å²) in [6.07, 6.45) is 9.21. The lowest BCUT2D eigenvalue weighted by molar-refractivity contribution is -0.145. The van der Waals surface area contributed by atoms with Crippen LogP contribution in [0.4, 0.5) is 0 Å². The smallest absolute Gasteiger partial charge is 0.246 e. The minimum atomic E-state index is -0.132.